The predicted octanol–water partition coefficient (Wildman–Crippen LogP) is 8.39. The van der Waals surface area contributed by atoms with Gasteiger partial charge in [-0.05, 0) is 58.7 Å². The Morgan fingerprint density at radius 1 is 0.515 bits per heavy atom. The van der Waals surface area contributed by atoms with Gasteiger partial charge in [0.15, 0.2) is 0 Å². The molecule has 0 aliphatic carbocycles. The molecule has 0 aliphatic heterocycles. The summed E-state index contributed by atoms with van der Waals surface area (Å²) >= 11 is 6.95. The maximum atomic E-state index is 13.8. The lowest BCUT2D eigenvalue weighted by atomic mass is 10.1. The summed E-state index contributed by atoms with van der Waals surface area (Å²) in [6.07, 6.45) is 7.51. The largest absolute Gasteiger partial charge is 0.218 e. The van der Waals surface area contributed by atoms with Crippen LogP contribution in [0.15, 0.2) is 116 Å². The monoisotopic (exact) mass is 578 g/mol. The normalized spacial score (nSPS) is 11.9. The van der Waals surface area contributed by atoms with Gasteiger partial charge in [-0.3, -0.25) is 0 Å². The molecule has 2 nitrogen and oxygen atoms in total. The van der Waals surface area contributed by atoms with Crippen molar-refractivity contribution in [2.24, 2.45) is 0 Å². The van der Waals surface area contributed by atoms with Crippen molar-refractivity contribution in [2.45, 2.75) is 9.79 Å². The third kappa shape index (κ3) is 5.80. The third-order valence-electron chi connectivity index (χ3n) is 5.03. The fraction of sp³-hybridized carbons (Fsp3) is 0. The van der Waals surface area contributed by atoms with Crippen molar-refractivity contribution in [3.63, 3.8) is 0 Å². The molecule has 0 aromatic heterocycles. The van der Waals surface area contributed by atoms with Crippen LogP contribution in [0.25, 0.3) is 24.3 Å². The molecule has 0 spiro atoms. The lowest BCUT2D eigenvalue weighted by Gasteiger charge is -2.12. The molecule has 4 aromatic carbocycles. The molecular weight excluding hydrogens is 560 g/mol. The molecule has 0 bridgehead atoms. The van der Waals surface area contributed by atoms with Crippen LogP contribution in [0.3, 0.4) is 0 Å². The Morgan fingerprint density at radius 3 is 1.30 bits per heavy atom. The van der Waals surface area contributed by atoms with Crippen molar-refractivity contribution in [1.82, 2.24) is 0 Å². The number of benzene rings is 4. The van der Waals surface area contributed by atoms with Crippen LogP contribution in [0.2, 0.25) is 0 Å². The predicted molar refractivity (Wildman–Crippen MR) is 144 cm³/mol. The fourth-order valence-electron chi connectivity index (χ4n) is 3.41. The van der Waals surface area contributed by atoms with Gasteiger partial charge in [-0.1, -0.05) is 117 Å². The highest BCUT2D eigenvalue weighted by atomic mass is 79.9. The molecule has 4 rings (SSSR count). The molecule has 0 fully saturated rings. The lowest BCUT2D eigenvalue weighted by Crippen LogP contribution is -2.06. The van der Waals surface area contributed by atoms with E-state index < -0.39 is 9.84 Å². The maximum absolute atomic E-state index is 13.8. The van der Waals surface area contributed by atoms with Gasteiger partial charge in [0.25, 0.3) is 0 Å². The summed E-state index contributed by atoms with van der Waals surface area (Å²) in [6.45, 7) is 0. The van der Waals surface area contributed by atoms with Gasteiger partial charge in [0.1, 0.15) is 0 Å². The van der Waals surface area contributed by atoms with E-state index in [1.165, 1.54) is 0 Å². The summed E-state index contributed by atoms with van der Waals surface area (Å²) in [5.74, 6) is 0. The first-order valence-corrected chi connectivity index (χ1v) is 13.3. The molecule has 0 heterocycles. The van der Waals surface area contributed by atoms with Crippen molar-refractivity contribution in [3.05, 3.63) is 128 Å². The highest BCUT2D eigenvalue weighted by molar-refractivity contribution is 9.10. The third-order valence-corrected chi connectivity index (χ3v) is 7.92. The first-order chi connectivity index (χ1) is 15.9. The molecule has 5 heteroatoms. The minimum absolute atomic E-state index is 0.259. The van der Waals surface area contributed by atoms with E-state index in [1.807, 2.05) is 97.1 Å². The molecule has 164 valence electrons. The molecule has 0 radical (unpaired) electrons. The molecular formula is C28H20Br2O2S. The summed E-state index contributed by atoms with van der Waals surface area (Å²) in [5, 5.41) is 0. The van der Waals surface area contributed by atoms with Gasteiger partial charge < -0.3 is 0 Å². The quantitative estimate of drug-likeness (QED) is 0.215. The second-order valence-corrected chi connectivity index (χ2v) is 11.1. The maximum Gasteiger partial charge on any atom is 0.207 e. The van der Waals surface area contributed by atoms with Crippen LogP contribution in [0.4, 0.5) is 0 Å². The minimum Gasteiger partial charge on any atom is -0.218 e. The Kier molecular flexibility index (Phi) is 7.43. The van der Waals surface area contributed by atoms with Crippen LogP contribution in [0.5, 0.6) is 0 Å². The first kappa shape index (κ1) is 23.4. The minimum atomic E-state index is -3.79. The summed E-state index contributed by atoms with van der Waals surface area (Å²) < 4.78 is 29.3. The average molecular weight is 580 g/mol. The second kappa shape index (κ2) is 10.5. The van der Waals surface area contributed by atoms with Crippen molar-refractivity contribution < 1.29 is 8.42 Å². The van der Waals surface area contributed by atoms with Gasteiger partial charge in [0, 0.05) is 8.95 Å². The number of rotatable bonds is 6. The Bertz CT molecular complexity index is 1320. The summed E-state index contributed by atoms with van der Waals surface area (Å²) in [4.78, 5) is 0.518. The Hall–Kier alpha value is -2.73. The van der Waals surface area contributed by atoms with Crippen LogP contribution in [0.1, 0.15) is 22.3 Å². The Balaban J connectivity index is 1.80. The molecule has 4 aromatic rings. The first-order valence-electron chi connectivity index (χ1n) is 10.2. The molecule has 0 amide bonds. The van der Waals surface area contributed by atoms with Crippen molar-refractivity contribution in [2.75, 3.05) is 0 Å². The molecule has 0 unspecified atom stereocenters. The van der Waals surface area contributed by atoms with Crippen LogP contribution >= 0.6 is 31.9 Å². The zero-order valence-electron chi connectivity index (χ0n) is 17.5. The molecule has 0 aliphatic rings. The van der Waals surface area contributed by atoms with Crippen LogP contribution in [-0.4, -0.2) is 8.42 Å². The lowest BCUT2D eigenvalue weighted by molar-refractivity contribution is 0.595. The van der Waals surface area contributed by atoms with Gasteiger partial charge in [-0.15, -0.1) is 0 Å². The van der Waals surface area contributed by atoms with E-state index in [0.29, 0.717) is 11.1 Å². The van der Waals surface area contributed by atoms with E-state index in [4.69, 9.17) is 0 Å². The van der Waals surface area contributed by atoms with Crippen molar-refractivity contribution in [3.8, 4) is 0 Å². The van der Waals surface area contributed by atoms with Crippen LogP contribution in [0, 0.1) is 0 Å². The van der Waals surface area contributed by atoms with Crippen molar-refractivity contribution in [1.29, 1.82) is 0 Å². The number of hydrogen-bond acceptors (Lipinski definition) is 2. The Morgan fingerprint density at radius 2 is 0.909 bits per heavy atom. The van der Waals surface area contributed by atoms with Gasteiger partial charge in [0.2, 0.25) is 9.84 Å². The zero-order chi connectivity index (χ0) is 23.3. The van der Waals surface area contributed by atoms with Gasteiger partial charge in [0.05, 0.1) is 9.79 Å². The molecule has 0 atom stereocenters. The Labute approximate surface area is 211 Å². The van der Waals surface area contributed by atoms with E-state index in [2.05, 4.69) is 31.9 Å². The highest BCUT2D eigenvalue weighted by Gasteiger charge is 2.23. The van der Waals surface area contributed by atoms with Crippen LogP contribution < -0.4 is 0 Å². The van der Waals surface area contributed by atoms with Crippen LogP contribution in [-0.2, 0) is 9.84 Å². The van der Waals surface area contributed by atoms with E-state index >= 15 is 0 Å². The van der Waals surface area contributed by atoms with Gasteiger partial charge in [-0.2, -0.15) is 0 Å². The topological polar surface area (TPSA) is 34.1 Å². The van der Waals surface area contributed by atoms with E-state index in [9.17, 15) is 8.42 Å². The van der Waals surface area contributed by atoms with Crippen molar-refractivity contribution >= 4 is 66.0 Å². The molecule has 0 N–H and O–H groups in total. The average Bonchev–Trinajstić information content (AvgIpc) is 2.82. The molecule has 0 saturated heterocycles. The van der Waals surface area contributed by atoms with E-state index in [1.54, 1.807) is 24.3 Å². The molecule has 33 heavy (non-hydrogen) atoms. The van der Waals surface area contributed by atoms with E-state index in [0.717, 1.165) is 20.1 Å². The molecule has 0 saturated carbocycles. The summed E-state index contributed by atoms with van der Waals surface area (Å²) in [5.41, 5.74) is 3.23. The van der Waals surface area contributed by atoms with Gasteiger partial charge in [-0.25, -0.2) is 8.42 Å². The number of hydrogen-bond donors (Lipinski definition) is 0. The smallest absolute Gasteiger partial charge is 0.207 e. The second-order valence-electron chi connectivity index (χ2n) is 7.36. The summed E-state index contributed by atoms with van der Waals surface area (Å²) in [7, 11) is -3.79. The fourth-order valence-corrected chi connectivity index (χ4v) is 5.77. The highest BCUT2D eigenvalue weighted by Crippen LogP contribution is 2.32. The standard InChI is InChI=1S/C28H20Br2O2S/c29-25-15-17-27(23(19-25)13-11-21-7-3-1-4-8-21)33(31,32)28-18-16-26(30)20-24(28)14-12-22-9-5-2-6-10-22/h1-20H/b13-11+,14-12+. The van der Waals surface area contributed by atoms with Gasteiger partial charge >= 0.3 is 0 Å². The number of halogens is 2. The van der Waals surface area contributed by atoms with E-state index in [-0.39, 0.29) is 9.79 Å². The number of sulfone groups is 1. The summed E-state index contributed by atoms with van der Waals surface area (Å²) in [6, 6.07) is 30.1. The SMILES string of the molecule is O=S(=O)(c1ccc(Br)cc1/C=C/c1ccccc1)c1ccc(Br)cc1/C=C/c1ccccc1. The zero-order valence-corrected chi connectivity index (χ0v) is 21.5.